The zero-order chi connectivity index (χ0) is 25.7. The van der Waals surface area contributed by atoms with Crippen molar-refractivity contribution in [2.75, 3.05) is 6.54 Å². The van der Waals surface area contributed by atoms with Crippen molar-refractivity contribution in [3.8, 4) is 0 Å². The number of carbonyl (C=O) groups is 5. The molecular weight excluding hydrogens is 426 g/mol. The molecule has 190 valence electrons. The molecule has 0 rings (SSSR count). The van der Waals surface area contributed by atoms with Crippen LogP contribution in [0.2, 0.25) is 0 Å². The second kappa shape index (κ2) is 15.2. The summed E-state index contributed by atoms with van der Waals surface area (Å²) < 4.78 is 0. The Balaban J connectivity index is 5.24. The minimum absolute atomic E-state index is 0.126. The minimum atomic E-state index is -0.886. The Morgan fingerprint density at radius 1 is 0.727 bits per heavy atom. The van der Waals surface area contributed by atoms with Crippen LogP contribution in [0.3, 0.4) is 0 Å². The van der Waals surface area contributed by atoms with E-state index >= 15 is 0 Å². The molecule has 0 spiro atoms. The molecule has 33 heavy (non-hydrogen) atoms. The molecule has 0 aromatic heterocycles. The Labute approximate surface area is 197 Å². The van der Waals surface area contributed by atoms with E-state index in [1.807, 2.05) is 41.5 Å². The van der Waals surface area contributed by atoms with E-state index in [-0.39, 0.29) is 36.6 Å². The van der Waals surface area contributed by atoms with Crippen molar-refractivity contribution in [3.05, 3.63) is 0 Å². The number of nitrogens with one attached hydrogen (secondary N) is 4. The minimum Gasteiger partial charge on any atom is -0.368 e. The van der Waals surface area contributed by atoms with Crippen LogP contribution in [-0.2, 0) is 24.0 Å². The Morgan fingerprint density at radius 2 is 1.24 bits per heavy atom. The molecule has 0 aliphatic rings. The zero-order valence-corrected chi connectivity index (χ0v) is 21.1. The van der Waals surface area contributed by atoms with E-state index < -0.39 is 41.8 Å². The number of amides is 5. The van der Waals surface area contributed by atoms with Crippen LogP contribution in [0.4, 0.5) is 0 Å². The Bertz CT molecular complexity index is 682. The number of rotatable bonds is 15. The molecule has 0 fully saturated rings. The maximum absolute atomic E-state index is 13.0. The summed E-state index contributed by atoms with van der Waals surface area (Å²) in [4.78, 5) is 61.5. The van der Waals surface area contributed by atoms with E-state index in [9.17, 15) is 24.0 Å². The number of hydrogen-bond donors (Lipinski definition) is 5. The van der Waals surface area contributed by atoms with E-state index in [1.54, 1.807) is 6.92 Å². The van der Waals surface area contributed by atoms with Gasteiger partial charge in [-0.2, -0.15) is 0 Å². The van der Waals surface area contributed by atoms with Crippen LogP contribution in [0.5, 0.6) is 0 Å². The summed E-state index contributed by atoms with van der Waals surface area (Å²) in [5, 5.41) is 10.5. The Morgan fingerprint density at radius 3 is 1.67 bits per heavy atom. The monoisotopic (exact) mass is 469 g/mol. The molecule has 5 amide bonds. The van der Waals surface area contributed by atoms with Gasteiger partial charge in [-0.1, -0.05) is 61.3 Å². The van der Waals surface area contributed by atoms with Crippen molar-refractivity contribution in [1.29, 1.82) is 0 Å². The van der Waals surface area contributed by atoms with Crippen molar-refractivity contribution in [2.45, 2.75) is 92.3 Å². The molecule has 0 aliphatic carbocycles. The zero-order valence-electron chi connectivity index (χ0n) is 21.1. The lowest BCUT2D eigenvalue weighted by atomic mass is 9.95. The standard InChI is InChI=1S/C23H43N5O5/c1-8-14(6)19(28-23(33)20(15(7)9-2)27-17(29)10-3)22(32)25-12-18(30)26-16(21(24)31)11-13(4)5/h13-16,19-20H,8-12H2,1-7H3,(H2,24,31)(H,25,32)(H,26,30)(H,27,29)(H,28,33)/t14-,15-,16-,19+,20-/m0/s1. The largest absolute Gasteiger partial charge is 0.368 e. The van der Waals surface area contributed by atoms with E-state index in [2.05, 4.69) is 21.3 Å². The fraction of sp³-hybridized carbons (Fsp3) is 0.783. The first-order chi connectivity index (χ1) is 15.4. The van der Waals surface area contributed by atoms with Crippen molar-refractivity contribution in [3.63, 3.8) is 0 Å². The van der Waals surface area contributed by atoms with Gasteiger partial charge in [0.25, 0.3) is 0 Å². The third kappa shape index (κ3) is 11.2. The molecule has 0 aromatic carbocycles. The van der Waals surface area contributed by atoms with Gasteiger partial charge >= 0.3 is 0 Å². The molecule has 10 nitrogen and oxygen atoms in total. The highest BCUT2D eigenvalue weighted by Crippen LogP contribution is 2.12. The summed E-state index contributed by atoms with van der Waals surface area (Å²) in [6.07, 6.45) is 1.91. The van der Waals surface area contributed by atoms with E-state index in [0.717, 1.165) is 0 Å². The van der Waals surface area contributed by atoms with Crippen LogP contribution in [0.25, 0.3) is 0 Å². The lowest BCUT2D eigenvalue weighted by Gasteiger charge is -2.28. The van der Waals surface area contributed by atoms with Gasteiger partial charge in [-0.15, -0.1) is 0 Å². The molecule has 6 N–H and O–H groups in total. The Kier molecular flexibility index (Phi) is 14.0. The highest BCUT2D eigenvalue weighted by atomic mass is 16.2. The molecule has 0 aromatic rings. The van der Waals surface area contributed by atoms with E-state index in [4.69, 9.17) is 5.73 Å². The lowest BCUT2D eigenvalue weighted by molar-refractivity contribution is -0.134. The summed E-state index contributed by atoms with van der Waals surface area (Å²) >= 11 is 0. The van der Waals surface area contributed by atoms with Crippen LogP contribution < -0.4 is 27.0 Å². The predicted molar refractivity (Wildman–Crippen MR) is 127 cm³/mol. The van der Waals surface area contributed by atoms with Gasteiger partial charge in [0.05, 0.1) is 6.54 Å². The fourth-order valence-electron chi connectivity index (χ4n) is 3.16. The SMILES string of the molecule is CCC(=O)N[C@H](C(=O)N[C@@H](C(=O)NCC(=O)N[C@@H](CC(C)C)C(N)=O)[C@@H](C)CC)[C@@H](C)CC. The van der Waals surface area contributed by atoms with Crippen molar-refractivity contribution < 1.29 is 24.0 Å². The lowest BCUT2D eigenvalue weighted by Crippen LogP contribution is -2.58. The number of hydrogen-bond acceptors (Lipinski definition) is 5. The average Bonchev–Trinajstić information content (AvgIpc) is 2.76. The second-order valence-corrected chi connectivity index (χ2v) is 9.03. The number of primary amides is 1. The normalized spacial score (nSPS) is 15.5. The fourth-order valence-corrected chi connectivity index (χ4v) is 3.16. The third-order valence-corrected chi connectivity index (χ3v) is 5.74. The second-order valence-electron chi connectivity index (χ2n) is 9.03. The summed E-state index contributed by atoms with van der Waals surface area (Å²) in [7, 11) is 0. The van der Waals surface area contributed by atoms with Gasteiger partial charge in [-0.25, -0.2) is 0 Å². The molecule has 0 bridgehead atoms. The van der Waals surface area contributed by atoms with Gasteiger partial charge in [0.1, 0.15) is 18.1 Å². The van der Waals surface area contributed by atoms with Gasteiger partial charge in [-0.3, -0.25) is 24.0 Å². The number of nitrogens with two attached hydrogens (primary N) is 1. The van der Waals surface area contributed by atoms with Crippen LogP contribution in [-0.4, -0.2) is 54.2 Å². The van der Waals surface area contributed by atoms with Crippen LogP contribution in [0.1, 0.15) is 74.1 Å². The van der Waals surface area contributed by atoms with Gasteiger partial charge in [0, 0.05) is 6.42 Å². The summed E-state index contributed by atoms with van der Waals surface area (Å²) in [6.45, 7) is 12.6. The molecule has 0 saturated carbocycles. The maximum atomic E-state index is 13.0. The Hall–Kier alpha value is -2.65. The van der Waals surface area contributed by atoms with Crippen molar-refractivity contribution >= 4 is 29.5 Å². The molecule has 10 heteroatoms. The first-order valence-corrected chi connectivity index (χ1v) is 11.8. The first-order valence-electron chi connectivity index (χ1n) is 11.8. The molecular formula is C23H43N5O5. The quantitative estimate of drug-likeness (QED) is 0.237. The summed E-state index contributed by atoms with van der Waals surface area (Å²) in [5.41, 5.74) is 5.34. The van der Waals surface area contributed by atoms with Crippen LogP contribution >= 0.6 is 0 Å². The van der Waals surface area contributed by atoms with E-state index in [0.29, 0.717) is 19.3 Å². The summed E-state index contributed by atoms with van der Waals surface area (Å²) in [5.74, 6) is -2.59. The molecule has 0 radical (unpaired) electrons. The number of carbonyl (C=O) groups excluding carboxylic acids is 5. The predicted octanol–water partition coefficient (Wildman–Crippen LogP) is 0.591. The smallest absolute Gasteiger partial charge is 0.243 e. The first kappa shape index (κ1) is 30.4. The van der Waals surface area contributed by atoms with Gasteiger partial charge in [-0.05, 0) is 24.2 Å². The highest BCUT2D eigenvalue weighted by molar-refractivity contribution is 5.94. The van der Waals surface area contributed by atoms with Crippen molar-refractivity contribution in [2.24, 2.45) is 23.5 Å². The van der Waals surface area contributed by atoms with Gasteiger partial charge < -0.3 is 27.0 Å². The summed E-state index contributed by atoms with van der Waals surface area (Å²) in [6, 6.07) is -2.47. The molecule has 0 saturated heterocycles. The molecule has 0 unspecified atom stereocenters. The topological polar surface area (TPSA) is 159 Å². The highest BCUT2D eigenvalue weighted by Gasteiger charge is 2.32. The van der Waals surface area contributed by atoms with Gasteiger partial charge in [0.15, 0.2) is 0 Å². The molecule has 0 heterocycles. The van der Waals surface area contributed by atoms with Crippen LogP contribution in [0.15, 0.2) is 0 Å². The molecule has 5 atom stereocenters. The third-order valence-electron chi connectivity index (χ3n) is 5.74. The molecule has 0 aliphatic heterocycles. The maximum Gasteiger partial charge on any atom is 0.243 e. The van der Waals surface area contributed by atoms with Gasteiger partial charge in [0.2, 0.25) is 29.5 Å². The van der Waals surface area contributed by atoms with E-state index in [1.165, 1.54) is 0 Å². The van der Waals surface area contributed by atoms with Crippen molar-refractivity contribution in [1.82, 2.24) is 21.3 Å². The van der Waals surface area contributed by atoms with Crippen LogP contribution in [0, 0.1) is 17.8 Å². The average molecular weight is 470 g/mol.